The average Bonchev–Trinajstić information content (AvgIpc) is 3.33. The van der Waals surface area contributed by atoms with Crippen LogP contribution in [0.3, 0.4) is 0 Å². The zero-order valence-corrected chi connectivity index (χ0v) is 18.8. The molecule has 0 saturated carbocycles. The molecule has 9 nitrogen and oxygen atoms in total. The van der Waals surface area contributed by atoms with Crippen LogP contribution >= 0.6 is 0 Å². The maximum Gasteiger partial charge on any atom is 0.327 e. The standard InChI is InChI=1S/C24H23FN6O3/c1-30(2)22(32)17-4-6-20(18(25)14-17)34-24-28-21(16-3-5-19-15(13-16)7-8-26-19)27-23(29-24)31-9-11-33-12-10-31/h3-8,13-14,26H,9-12H2,1-2H3. The molecular weight excluding hydrogens is 439 g/mol. The highest BCUT2D eigenvalue weighted by atomic mass is 19.1. The number of fused-ring (bicyclic) bond motifs is 1. The number of benzene rings is 2. The Morgan fingerprint density at radius 3 is 2.68 bits per heavy atom. The molecule has 4 aromatic rings. The molecule has 10 heteroatoms. The first kappa shape index (κ1) is 21.8. The summed E-state index contributed by atoms with van der Waals surface area (Å²) in [5, 5.41) is 1.01. The predicted octanol–water partition coefficient (Wildman–Crippen LogP) is 3.49. The highest BCUT2D eigenvalue weighted by molar-refractivity contribution is 5.94. The highest BCUT2D eigenvalue weighted by Crippen LogP contribution is 2.28. The topological polar surface area (TPSA) is 96.5 Å². The van der Waals surface area contributed by atoms with Crippen LogP contribution in [0.1, 0.15) is 10.4 Å². The number of aromatic nitrogens is 4. The van der Waals surface area contributed by atoms with E-state index in [1.165, 1.54) is 17.0 Å². The number of carbonyl (C=O) groups excluding carboxylic acids is 1. The SMILES string of the molecule is CN(C)C(=O)c1ccc(Oc2nc(-c3ccc4[nH]ccc4c3)nc(N3CCOCC3)n2)c(F)c1. The molecule has 0 bridgehead atoms. The summed E-state index contributed by atoms with van der Waals surface area (Å²) in [5.41, 5.74) is 2.00. The molecule has 1 saturated heterocycles. The van der Waals surface area contributed by atoms with E-state index in [-0.39, 0.29) is 23.2 Å². The molecule has 0 radical (unpaired) electrons. The molecule has 1 aliphatic heterocycles. The Labute approximate surface area is 195 Å². The third-order valence-electron chi connectivity index (χ3n) is 5.49. The molecule has 0 spiro atoms. The van der Waals surface area contributed by atoms with Crippen molar-refractivity contribution in [1.29, 1.82) is 0 Å². The number of nitrogens with zero attached hydrogens (tertiary/aromatic N) is 5. The Kier molecular flexibility index (Phi) is 5.81. The maximum atomic E-state index is 14.8. The zero-order chi connectivity index (χ0) is 23.7. The summed E-state index contributed by atoms with van der Waals surface area (Å²) in [6, 6.07) is 11.8. The van der Waals surface area contributed by atoms with Gasteiger partial charge in [0.1, 0.15) is 0 Å². The summed E-state index contributed by atoms with van der Waals surface area (Å²) in [5.74, 6) is -0.230. The lowest BCUT2D eigenvalue weighted by Crippen LogP contribution is -2.37. The van der Waals surface area contributed by atoms with Crippen molar-refractivity contribution in [2.45, 2.75) is 0 Å². The number of rotatable bonds is 5. The first-order valence-electron chi connectivity index (χ1n) is 10.8. The molecule has 5 rings (SSSR count). The molecule has 3 heterocycles. The molecule has 2 aromatic carbocycles. The third kappa shape index (κ3) is 4.40. The van der Waals surface area contributed by atoms with Crippen molar-refractivity contribution in [3.8, 4) is 23.1 Å². The van der Waals surface area contributed by atoms with Crippen LogP contribution in [0.4, 0.5) is 10.3 Å². The first-order valence-corrected chi connectivity index (χ1v) is 10.8. The molecular formula is C24H23FN6O3. The minimum atomic E-state index is -0.684. The second-order valence-corrected chi connectivity index (χ2v) is 8.07. The number of nitrogens with one attached hydrogen (secondary N) is 1. The number of halogens is 1. The van der Waals surface area contributed by atoms with Gasteiger partial charge in [-0.25, -0.2) is 4.39 Å². The van der Waals surface area contributed by atoms with E-state index in [2.05, 4.69) is 19.9 Å². The van der Waals surface area contributed by atoms with Crippen molar-refractivity contribution >= 4 is 22.8 Å². The minimum Gasteiger partial charge on any atom is -0.421 e. The van der Waals surface area contributed by atoms with E-state index in [0.29, 0.717) is 38.1 Å². The van der Waals surface area contributed by atoms with Crippen LogP contribution in [0.25, 0.3) is 22.3 Å². The minimum absolute atomic E-state index is 0.0359. The summed E-state index contributed by atoms with van der Waals surface area (Å²) in [6.07, 6.45) is 1.86. The van der Waals surface area contributed by atoms with Gasteiger partial charge in [0, 0.05) is 55.4 Å². The van der Waals surface area contributed by atoms with Gasteiger partial charge in [0.05, 0.1) is 13.2 Å². The second-order valence-electron chi connectivity index (χ2n) is 8.07. The Morgan fingerprint density at radius 1 is 1.09 bits per heavy atom. The lowest BCUT2D eigenvalue weighted by molar-refractivity contribution is 0.0827. The van der Waals surface area contributed by atoms with E-state index in [1.54, 1.807) is 14.1 Å². The van der Waals surface area contributed by atoms with Gasteiger partial charge in [-0.3, -0.25) is 4.79 Å². The largest absolute Gasteiger partial charge is 0.421 e. The smallest absolute Gasteiger partial charge is 0.327 e. The fourth-order valence-electron chi connectivity index (χ4n) is 3.69. The normalized spacial score (nSPS) is 13.8. The van der Waals surface area contributed by atoms with E-state index >= 15 is 0 Å². The fourth-order valence-corrected chi connectivity index (χ4v) is 3.69. The van der Waals surface area contributed by atoms with E-state index in [9.17, 15) is 9.18 Å². The molecule has 1 aliphatic rings. The van der Waals surface area contributed by atoms with E-state index in [1.807, 2.05) is 35.4 Å². The number of aromatic amines is 1. The third-order valence-corrected chi connectivity index (χ3v) is 5.49. The number of hydrogen-bond acceptors (Lipinski definition) is 7. The van der Waals surface area contributed by atoms with Crippen LogP contribution in [-0.4, -0.2) is 71.1 Å². The first-order chi connectivity index (χ1) is 16.5. The van der Waals surface area contributed by atoms with Crippen LogP contribution in [0.5, 0.6) is 11.8 Å². The molecule has 2 aromatic heterocycles. The number of ether oxygens (including phenoxy) is 2. The number of carbonyl (C=O) groups is 1. The van der Waals surface area contributed by atoms with Crippen molar-refractivity contribution in [1.82, 2.24) is 24.8 Å². The molecule has 1 amide bonds. The van der Waals surface area contributed by atoms with Crippen LogP contribution < -0.4 is 9.64 Å². The van der Waals surface area contributed by atoms with Gasteiger partial charge >= 0.3 is 6.01 Å². The van der Waals surface area contributed by atoms with Gasteiger partial charge in [0.25, 0.3) is 5.91 Å². The number of morpholine rings is 1. The molecule has 1 N–H and O–H groups in total. The number of hydrogen-bond donors (Lipinski definition) is 1. The van der Waals surface area contributed by atoms with Gasteiger partial charge in [-0.2, -0.15) is 15.0 Å². The van der Waals surface area contributed by atoms with Gasteiger partial charge in [-0.15, -0.1) is 0 Å². The van der Waals surface area contributed by atoms with Gasteiger partial charge in [0.2, 0.25) is 5.95 Å². The average molecular weight is 462 g/mol. The summed E-state index contributed by atoms with van der Waals surface area (Å²) in [7, 11) is 3.21. The zero-order valence-electron chi connectivity index (χ0n) is 18.8. The van der Waals surface area contributed by atoms with Gasteiger partial charge in [0.15, 0.2) is 17.4 Å². The molecule has 0 aliphatic carbocycles. The van der Waals surface area contributed by atoms with Gasteiger partial charge in [-0.1, -0.05) is 0 Å². The Bertz CT molecular complexity index is 1350. The monoisotopic (exact) mass is 462 g/mol. The van der Waals surface area contributed by atoms with Crippen molar-refractivity contribution < 1.29 is 18.7 Å². The maximum absolute atomic E-state index is 14.8. The second kappa shape index (κ2) is 9.06. The molecule has 174 valence electrons. The van der Waals surface area contributed by atoms with Crippen molar-refractivity contribution in [2.24, 2.45) is 0 Å². The fraction of sp³-hybridized carbons (Fsp3) is 0.250. The van der Waals surface area contributed by atoms with Crippen LogP contribution in [0.15, 0.2) is 48.7 Å². The summed E-state index contributed by atoms with van der Waals surface area (Å²) in [4.78, 5) is 32.2. The van der Waals surface area contributed by atoms with E-state index in [0.717, 1.165) is 22.5 Å². The van der Waals surface area contributed by atoms with Crippen LogP contribution in [0, 0.1) is 5.82 Å². The van der Waals surface area contributed by atoms with Crippen molar-refractivity contribution in [3.05, 3.63) is 60.0 Å². The lowest BCUT2D eigenvalue weighted by atomic mass is 10.1. The molecule has 0 atom stereocenters. The van der Waals surface area contributed by atoms with Gasteiger partial charge < -0.3 is 24.3 Å². The van der Waals surface area contributed by atoms with Crippen molar-refractivity contribution in [3.63, 3.8) is 0 Å². The summed E-state index contributed by atoms with van der Waals surface area (Å²) in [6.45, 7) is 2.36. The molecule has 34 heavy (non-hydrogen) atoms. The number of H-pyrrole nitrogens is 1. The number of amides is 1. The lowest BCUT2D eigenvalue weighted by Gasteiger charge is -2.27. The molecule has 0 unspecified atom stereocenters. The quantitative estimate of drug-likeness (QED) is 0.485. The van der Waals surface area contributed by atoms with E-state index < -0.39 is 5.82 Å². The summed E-state index contributed by atoms with van der Waals surface area (Å²) < 4.78 is 26.0. The Hall–Kier alpha value is -4.05. The Morgan fingerprint density at radius 2 is 1.91 bits per heavy atom. The predicted molar refractivity (Wildman–Crippen MR) is 125 cm³/mol. The molecule has 1 fully saturated rings. The Balaban J connectivity index is 1.52. The number of anilines is 1. The highest BCUT2D eigenvalue weighted by Gasteiger charge is 2.20. The van der Waals surface area contributed by atoms with E-state index in [4.69, 9.17) is 9.47 Å². The van der Waals surface area contributed by atoms with Crippen LogP contribution in [-0.2, 0) is 4.74 Å². The van der Waals surface area contributed by atoms with Crippen LogP contribution in [0.2, 0.25) is 0 Å². The van der Waals surface area contributed by atoms with Gasteiger partial charge in [-0.05, 0) is 42.5 Å². The van der Waals surface area contributed by atoms with Crippen molar-refractivity contribution in [2.75, 3.05) is 45.3 Å². The summed E-state index contributed by atoms with van der Waals surface area (Å²) >= 11 is 0.